The molecule has 1 atom stereocenters. The maximum absolute atomic E-state index is 11.7. The number of phenols is 1. The van der Waals surface area contributed by atoms with E-state index in [0.717, 1.165) is 0 Å². The number of aliphatic carboxylic acids is 1. The van der Waals surface area contributed by atoms with Gasteiger partial charge < -0.3 is 20.6 Å². The zero-order valence-electron chi connectivity index (χ0n) is 9.26. The van der Waals surface area contributed by atoms with Gasteiger partial charge in [-0.25, -0.2) is 4.79 Å². The Hall–Kier alpha value is -1.35. The van der Waals surface area contributed by atoms with E-state index < -0.39 is 17.9 Å². The summed E-state index contributed by atoms with van der Waals surface area (Å²) in [5.41, 5.74) is 0.164. The second kappa shape index (κ2) is 6.55. The highest BCUT2D eigenvalue weighted by Gasteiger charge is 2.20. The summed E-state index contributed by atoms with van der Waals surface area (Å²) in [7, 11) is 0. The summed E-state index contributed by atoms with van der Waals surface area (Å²) >= 11 is 1.90. The smallest absolute Gasteiger partial charge is 0.326 e. The molecule has 0 unspecified atom stereocenters. The minimum absolute atomic E-state index is 0.0442. The first kappa shape index (κ1) is 14.7. The lowest BCUT2D eigenvalue weighted by atomic mass is 10.1. The van der Waals surface area contributed by atoms with Gasteiger partial charge in [-0.2, -0.15) is 0 Å². The van der Waals surface area contributed by atoms with Crippen molar-refractivity contribution in [3.8, 4) is 5.75 Å². The molecule has 0 bridgehead atoms. The van der Waals surface area contributed by atoms with Crippen LogP contribution in [0.2, 0.25) is 0 Å². The number of carboxylic acid groups (broad SMARTS) is 1. The van der Waals surface area contributed by atoms with Crippen LogP contribution < -0.4 is 5.32 Å². The molecule has 0 fully saturated rings. The van der Waals surface area contributed by atoms with Crippen molar-refractivity contribution in [3.63, 3.8) is 0 Å². The lowest BCUT2D eigenvalue weighted by Crippen LogP contribution is -2.41. The first-order valence-corrected chi connectivity index (χ1v) is 6.16. The lowest BCUT2D eigenvalue weighted by Gasteiger charge is -2.13. The Morgan fingerprint density at radius 1 is 1.39 bits per heavy atom. The van der Waals surface area contributed by atoms with Crippen LogP contribution in [0.25, 0.3) is 0 Å². The van der Waals surface area contributed by atoms with Crippen molar-refractivity contribution in [2.45, 2.75) is 12.5 Å². The van der Waals surface area contributed by atoms with Gasteiger partial charge in [-0.05, 0) is 40.8 Å². The van der Waals surface area contributed by atoms with Gasteiger partial charge in [0.1, 0.15) is 11.8 Å². The van der Waals surface area contributed by atoms with E-state index in [2.05, 4.69) is 5.32 Å². The normalized spacial score (nSPS) is 11.9. The van der Waals surface area contributed by atoms with E-state index in [0.29, 0.717) is 3.57 Å². The maximum atomic E-state index is 11.7. The summed E-state index contributed by atoms with van der Waals surface area (Å²) in [5, 5.41) is 29.2. The number of hydrogen-bond donors (Lipinski definition) is 4. The van der Waals surface area contributed by atoms with Crippen LogP contribution in [0.15, 0.2) is 18.2 Å². The molecule has 1 amide bonds. The quantitative estimate of drug-likeness (QED) is 0.571. The SMILES string of the molecule is O=C(N[C@H](CCO)C(=O)O)c1ccc(I)c(O)c1. The summed E-state index contributed by atoms with van der Waals surface area (Å²) in [5.74, 6) is -1.87. The van der Waals surface area contributed by atoms with Crippen LogP contribution in [-0.4, -0.2) is 39.8 Å². The molecule has 0 aliphatic rings. The van der Waals surface area contributed by atoms with E-state index in [-0.39, 0.29) is 24.3 Å². The Morgan fingerprint density at radius 2 is 2.06 bits per heavy atom. The number of hydrogen-bond acceptors (Lipinski definition) is 4. The summed E-state index contributed by atoms with van der Waals surface area (Å²) in [6.45, 7) is -0.338. The zero-order chi connectivity index (χ0) is 13.7. The molecule has 7 heteroatoms. The number of nitrogens with one attached hydrogen (secondary N) is 1. The van der Waals surface area contributed by atoms with Crippen LogP contribution in [0.5, 0.6) is 5.75 Å². The van der Waals surface area contributed by atoms with Crippen molar-refractivity contribution in [1.82, 2.24) is 5.32 Å². The Bertz CT molecular complexity index is 463. The average molecular weight is 365 g/mol. The Labute approximate surface area is 117 Å². The van der Waals surface area contributed by atoms with E-state index in [1.54, 1.807) is 6.07 Å². The third-order valence-electron chi connectivity index (χ3n) is 2.23. The standard InChI is InChI=1S/C11H12INO5/c12-7-2-1-6(5-9(7)15)10(16)13-8(3-4-14)11(17)18/h1-2,5,8,14-15H,3-4H2,(H,13,16)(H,17,18)/t8-/m1/s1. The Morgan fingerprint density at radius 3 is 2.56 bits per heavy atom. The molecule has 0 saturated carbocycles. The summed E-state index contributed by atoms with van der Waals surface area (Å²) < 4.78 is 0.592. The monoisotopic (exact) mass is 365 g/mol. The fraction of sp³-hybridized carbons (Fsp3) is 0.273. The number of aliphatic hydroxyl groups excluding tert-OH is 1. The van der Waals surface area contributed by atoms with E-state index in [1.807, 2.05) is 22.6 Å². The van der Waals surface area contributed by atoms with Crippen molar-refractivity contribution in [1.29, 1.82) is 0 Å². The number of amides is 1. The van der Waals surface area contributed by atoms with Gasteiger partial charge in [-0.15, -0.1) is 0 Å². The maximum Gasteiger partial charge on any atom is 0.326 e. The van der Waals surface area contributed by atoms with Gasteiger partial charge in [0.05, 0.1) is 3.57 Å². The molecule has 0 saturated heterocycles. The van der Waals surface area contributed by atoms with Gasteiger partial charge in [-0.3, -0.25) is 4.79 Å². The largest absolute Gasteiger partial charge is 0.507 e. The van der Waals surface area contributed by atoms with Gasteiger partial charge in [0, 0.05) is 18.6 Å². The number of aliphatic hydroxyl groups is 1. The van der Waals surface area contributed by atoms with Crippen LogP contribution in [0.1, 0.15) is 16.8 Å². The van der Waals surface area contributed by atoms with Gasteiger partial charge in [0.25, 0.3) is 5.91 Å². The predicted octanol–water partition coefficient (Wildman–Crippen LogP) is 0.562. The van der Waals surface area contributed by atoms with E-state index >= 15 is 0 Å². The van der Waals surface area contributed by atoms with Gasteiger partial charge in [-0.1, -0.05) is 0 Å². The lowest BCUT2D eigenvalue weighted by molar-refractivity contribution is -0.139. The number of halogens is 1. The Balaban J connectivity index is 2.80. The van der Waals surface area contributed by atoms with Crippen LogP contribution in [-0.2, 0) is 4.79 Å². The van der Waals surface area contributed by atoms with Crippen LogP contribution >= 0.6 is 22.6 Å². The number of carbonyl (C=O) groups excluding carboxylic acids is 1. The molecule has 0 aliphatic carbocycles. The second-order valence-electron chi connectivity index (χ2n) is 3.54. The molecule has 0 aliphatic heterocycles. The molecule has 0 heterocycles. The molecule has 1 aromatic rings. The first-order valence-electron chi connectivity index (χ1n) is 5.08. The van der Waals surface area contributed by atoms with Gasteiger partial charge >= 0.3 is 5.97 Å². The minimum atomic E-state index is -1.22. The number of aromatic hydroxyl groups is 1. The number of phenolic OH excluding ortho intramolecular Hbond substituents is 1. The summed E-state index contributed by atoms with van der Waals surface area (Å²) in [6, 6.07) is 3.14. The third-order valence-corrected chi connectivity index (χ3v) is 3.14. The van der Waals surface area contributed by atoms with E-state index in [1.165, 1.54) is 12.1 Å². The highest BCUT2D eigenvalue weighted by atomic mass is 127. The third kappa shape index (κ3) is 3.84. The minimum Gasteiger partial charge on any atom is -0.507 e. The molecular weight excluding hydrogens is 353 g/mol. The number of rotatable bonds is 5. The van der Waals surface area contributed by atoms with Crippen LogP contribution in [0.3, 0.4) is 0 Å². The molecule has 0 spiro atoms. The fourth-order valence-electron chi connectivity index (χ4n) is 1.28. The molecule has 6 nitrogen and oxygen atoms in total. The molecule has 18 heavy (non-hydrogen) atoms. The average Bonchev–Trinajstić information content (AvgIpc) is 2.31. The van der Waals surface area contributed by atoms with Gasteiger partial charge in [0.15, 0.2) is 0 Å². The zero-order valence-corrected chi connectivity index (χ0v) is 11.4. The van der Waals surface area contributed by atoms with Crippen molar-refractivity contribution < 1.29 is 24.9 Å². The van der Waals surface area contributed by atoms with Crippen molar-refractivity contribution in [3.05, 3.63) is 27.3 Å². The topological polar surface area (TPSA) is 107 Å². The number of carbonyl (C=O) groups is 2. The Kier molecular flexibility index (Phi) is 5.35. The highest BCUT2D eigenvalue weighted by Crippen LogP contribution is 2.20. The molecule has 98 valence electrons. The molecule has 0 radical (unpaired) electrons. The second-order valence-corrected chi connectivity index (χ2v) is 4.70. The molecular formula is C11H12INO5. The molecule has 1 aromatic carbocycles. The molecule has 1 rings (SSSR count). The van der Waals surface area contributed by atoms with Crippen molar-refractivity contribution in [2.24, 2.45) is 0 Å². The number of carboxylic acids is 1. The summed E-state index contributed by atoms with van der Waals surface area (Å²) in [4.78, 5) is 22.5. The highest BCUT2D eigenvalue weighted by molar-refractivity contribution is 14.1. The van der Waals surface area contributed by atoms with E-state index in [9.17, 15) is 14.7 Å². The van der Waals surface area contributed by atoms with Crippen LogP contribution in [0, 0.1) is 3.57 Å². The van der Waals surface area contributed by atoms with Crippen molar-refractivity contribution >= 4 is 34.5 Å². The molecule has 4 N–H and O–H groups in total. The molecule has 0 aromatic heterocycles. The first-order chi connectivity index (χ1) is 8.45. The van der Waals surface area contributed by atoms with E-state index in [4.69, 9.17) is 10.2 Å². The summed E-state index contributed by atoms with van der Waals surface area (Å²) in [6.07, 6.45) is -0.0720. The van der Waals surface area contributed by atoms with Gasteiger partial charge in [0.2, 0.25) is 0 Å². The van der Waals surface area contributed by atoms with Crippen molar-refractivity contribution in [2.75, 3.05) is 6.61 Å². The predicted molar refractivity (Wildman–Crippen MR) is 71.4 cm³/mol. The number of benzene rings is 1. The van der Waals surface area contributed by atoms with Crippen LogP contribution in [0.4, 0.5) is 0 Å². The fourth-order valence-corrected chi connectivity index (χ4v) is 1.62.